The SMILES string of the molecule is C=CC(=O)NC(CCCC)(CCCC)C(CCC)C(=O)CCC. The summed E-state index contributed by atoms with van der Waals surface area (Å²) in [6.45, 7) is 12.1. The van der Waals surface area contributed by atoms with Crippen LogP contribution in [0.3, 0.4) is 0 Å². The number of hydrogen-bond donors (Lipinski definition) is 1. The van der Waals surface area contributed by atoms with E-state index < -0.39 is 5.54 Å². The van der Waals surface area contributed by atoms with Gasteiger partial charge in [-0.05, 0) is 31.8 Å². The Morgan fingerprint density at radius 3 is 1.96 bits per heavy atom. The number of Topliss-reactive ketones (excluding diaryl/α,β-unsaturated/α-hetero) is 1. The fourth-order valence-electron chi connectivity index (χ4n) is 3.42. The molecule has 0 spiro atoms. The van der Waals surface area contributed by atoms with Crippen LogP contribution in [0.4, 0.5) is 0 Å². The van der Waals surface area contributed by atoms with Crippen LogP contribution in [-0.4, -0.2) is 17.2 Å². The third-order valence-corrected chi connectivity index (χ3v) is 4.64. The molecule has 1 N–H and O–H groups in total. The highest BCUT2D eigenvalue weighted by Crippen LogP contribution is 2.34. The van der Waals surface area contributed by atoms with E-state index in [1.54, 1.807) is 0 Å². The number of ketones is 1. The highest BCUT2D eigenvalue weighted by Gasteiger charge is 2.41. The standard InChI is InChI=1S/C20H37NO2/c1-6-11-15-20(16-12-7-2,21-19(23)10-5)17(13-8-3)18(22)14-9-4/h10,17H,5-9,11-16H2,1-4H3,(H,21,23). The van der Waals surface area contributed by atoms with Crippen molar-refractivity contribution in [2.75, 3.05) is 0 Å². The minimum absolute atomic E-state index is 0.0746. The molecule has 3 heteroatoms. The maximum absolute atomic E-state index is 12.8. The Balaban J connectivity index is 5.66. The lowest BCUT2D eigenvalue weighted by molar-refractivity contribution is -0.128. The van der Waals surface area contributed by atoms with E-state index in [2.05, 4.69) is 32.7 Å². The number of rotatable bonds is 14. The first kappa shape index (κ1) is 21.9. The van der Waals surface area contributed by atoms with Gasteiger partial charge in [-0.15, -0.1) is 0 Å². The van der Waals surface area contributed by atoms with Crippen molar-refractivity contribution in [3.05, 3.63) is 12.7 Å². The van der Waals surface area contributed by atoms with Crippen molar-refractivity contribution < 1.29 is 9.59 Å². The maximum atomic E-state index is 12.8. The van der Waals surface area contributed by atoms with E-state index in [0.717, 1.165) is 57.8 Å². The molecule has 1 amide bonds. The highest BCUT2D eigenvalue weighted by atomic mass is 16.2. The van der Waals surface area contributed by atoms with Gasteiger partial charge in [-0.25, -0.2) is 0 Å². The fourth-order valence-corrected chi connectivity index (χ4v) is 3.42. The summed E-state index contributed by atoms with van der Waals surface area (Å²) < 4.78 is 0. The second-order valence-electron chi connectivity index (χ2n) is 6.61. The van der Waals surface area contributed by atoms with Crippen LogP contribution in [0.5, 0.6) is 0 Å². The van der Waals surface area contributed by atoms with Crippen LogP contribution in [0.1, 0.15) is 91.9 Å². The van der Waals surface area contributed by atoms with Crippen molar-refractivity contribution in [3.8, 4) is 0 Å². The lowest BCUT2D eigenvalue weighted by atomic mass is 9.71. The van der Waals surface area contributed by atoms with Gasteiger partial charge < -0.3 is 5.32 Å². The summed E-state index contributed by atoms with van der Waals surface area (Å²) in [5, 5.41) is 3.20. The summed E-state index contributed by atoms with van der Waals surface area (Å²) in [6.07, 6.45) is 10.6. The van der Waals surface area contributed by atoms with Crippen LogP contribution in [-0.2, 0) is 9.59 Å². The molecule has 0 aliphatic rings. The molecule has 0 aliphatic heterocycles. The van der Waals surface area contributed by atoms with Gasteiger partial charge >= 0.3 is 0 Å². The van der Waals surface area contributed by atoms with Gasteiger partial charge in [0.25, 0.3) is 0 Å². The van der Waals surface area contributed by atoms with E-state index in [9.17, 15) is 9.59 Å². The van der Waals surface area contributed by atoms with Gasteiger partial charge in [0.2, 0.25) is 5.91 Å². The Bertz CT molecular complexity index is 355. The molecule has 0 bridgehead atoms. The summed E-state index contributed by atoms with van der Waals surface area (Å²) in [5.41, 5.74) is -0.403. The van der Waals surface area contributed by atoms with E-state index in [4.69, 9.17) is 0 Å². The molecule has 134 valence electrons. The zero-order valence-electron chi connectivity index (χ0n) is 15.7. The van der Waals surface area contributed by atoms with Gasteiger partial charge in [-0.1, -0.05) is 66.4 Å². The summed E-state index contributed by atoms with van der Waals surface area (Å²) in [7, 11) is 0. The van der Waals surface area contributed by atoms with Crippen LogP contribution in [0.2, 0.25) is 0 Å². The highest BCUT2D eigenvalue weighted by molar-refractivity contribution is 5.89. The predicted octanol–water partition coefficient (Wildman–Crippen LogP) is 5.19. The van der Waals surface area contributed by atoms with Crippen molar-refractivity contribution in [3.63, 3.8) is 0 Å². The van der Waals surface area contributed by atoms with Crippen molar-refractivity contribution in [2.24, 2.45) is 5.92 Å². The Hall–Kier alpha value is -1.12. The first-order chi connectivity index (χ1) is 11.0. The van der Waals surface area contributed by atoms with Crippen molar-refractivity contribution in [1.82, 2.24) is 5.32 Å². The molecule has 0 aromatic heterocycles. The number of nitrogens with one attached hydrogen (secondary N) is 1. The Morgan fingerprint density at radius 1 is 1.00 bits per heavy atom. The van der Waals surface area contributed by atoms with Crippen LogP contribution in [0, 0.1) is 5.92 Å². The van der Waals surface area contributed by atoms with Gasteiger partial charge in [0, 0.05) is 12.3 Å². The molecule has 1 atom stereocenters. The van der Waals surface area contributed by atoms with E-state index in [1.165, 1.54) is 6.08 Å². The Morgan fingerprint density at radius 2 is 1.57 bits per heavy atom. The summed E-state index contributed by atoms with van der Waals surface area (Å²) in [5.74, 6) is 0.0861. The second kappa shape index (κ2) is 12.3. The summed E-state index contributed by atoms with van der Waals surface area (Å²) in [4.78, 5) is 24.9. The lowest BCUT2D eigenvalue weighted by Gasteiger charge is -2.41. The molecular formula is C20H37NO2. The first-order valence-electron chi connectivity index (χ1n) is 9.48. The van der Waals surface area contributed by atoms with E-state index in [-0.39, 0.29) is 11.8 Å². The van der Waals surface area contributed by atoms with Crippen LogP contribution in [0.15, 0.2) is 12.7 Å². The molecular weight excluding hydrogens is 286 g/mol. The summed E-state index contributed by atoms with van der Waals surface area (Å²) in [6, 6.07) is 0. The topological polar surface area (TPSA) is 46.2 Å². The average Bonchev–Trinajstić information content (AvgIpc) is 2.55. The number of carbonyl (C=O) groups excluding carboxylic acids is 2. The van der Waals surface area contributed by atoms with Crippen LogP contribution >= 0.6 is 0 Å². The molecule has 1 unspecified atom stereocenters. The van der Waals surface area contributed by atoms with Gasteiger partial charge in [0.1, 0.15) is 5.78 Å². The lowest BCUT2D eigenvalue weighted by Crippen LogP contribution is -2.55. The largest absolute Gasteiger partial charge is 0.346 e. The normalized spacial score (nSPS) is 12.7. The second-order valence-corrected chi connectivity index (χ2v) is 6.61. The van der Waals surface area contributed by atoms with E-state index in [0.29, 0.717) is 12.2 Å². The summed E-state index contributed by atoms with van der Waals surface area (Å²) >= 11 is 0. The molecule has 0 rings (SSSR count). The Labute approximate surface area is 143 Å². The van der Waals surface area contributed by atoms with Crippen molar-refractivity contribution in [2.45, 2.75) is 97.4 Å². The first-order valence-corrected chi connectivity index (χ1v) is 9.48. The van der Waals surface area contributed by atoms with Gasteiger partial charge in [0.15, 0.2) is 0 Å². The number of unbranched alkanes of at least 4 members (excludes halogenated alkanes) is 2. The fraction of sp³-hybridized carbons (Fsp3) is 0.800. The average molecular weight is 324 g/mol. The molecule has 0 aliphatic carbocycles. The molecule has 0 heterocycles. The number of hydrogen-bond acceptors (Lipinski definition) is 2. The third kappa shape index (κ3) is 7.32. The van der Waals surface area contributed by atoms with Gasteiger partial charge in [0.05, 0.1) is 5.54 Å². The molecule has 0 saturated carbocycles. The molecule has 0 aromatic carbocycles. The van der Waals surface area contributed by atoms with Crippen LogP contribution in [0.25, 0.3) is 0 Å². The zero-order chi connectivity index (χ0) is 17.7. The third-order valence-electron chi connectivity index (χ3n) is 4.64. The zero-order valence-corrected chi connectivity index (χ0v) is 15.7. The quantitative estimate of drug-likeness (QED) is 0.447. The van der Waals surface area contributed by atoms with E-state index in [1.807, 2.05) is 6.92 Å². The molecule has 0 aromatic rings. The smallest absolute Gasteiger partial charge is 0.243 e. The monoisotopic (exact) mass is 323 g/mol. The molecule has 3 nitrogen and oxygen atoms in total. The minimum atomic E-state index is -0.403. The Kier molecular flexibility index (Phi) is 11.7. The van der Waals surface area contributed by atoms with Gasteiger partial charge in [-0.2, -0.15) is 0 Å². The van der Waals surface area contributed by atoms with Gasteiger partial charge in [-0.3, -0.25) is 9.59 Å². The van der Waals surface area contributed by atoms with Crippen molar-refractivity contribution >= 4 is 11.7 Å². The molecule has 0 radical (unpaired) electrons. The van der Waals surface area contributed by atoms with E-state index >= 15 is 0 Å². The molecule has 0 fully saturated rings. The molecule has 0 saturated heterocycles. The minimum Gasteiger partial charge on any atom is -0.346 e. The maximum Gasteiger partial charge on any atom is 0.243 e. The predicted molar refractivity (Wildman–Crippen MR) is 98.4 cm³/mol. The van der Waals surface area contributed by atoms with Crippen molar-refractivity contribution in [1.29, 1.82) is 0 Å². The number of amides is 1. The number of carbonyl (C=O) groups is 2. The van der Waals surface area contributed by atoms with Crippen LogP contribution < -0.4 is 5.32 Å². The molecule has 23 heavy (non-hydrogen) atoms.